The molecule has 13 heavy (non-hydrogen) atoms. The molecule has 0 aliphatic heterocycles. The van der Waals surface area contributed by atoms with Gasteiger partial charge in [-0.15, -0.1) is 0 Å². The second-order valence-corrected chi connectivity index (χ2v) is 3.53. The van der Waals surface area contributed by atoms with E-state index in [-0.39, 0.29) is 0 Å². The molecule has 0 spiro atoms. The molecule has 4 heteroatoms. The van der Waals surface area contributed by atoms with Crippen molar-refractivity contribution < 1.29 is 4.79 Å². The summed E-state index contributed by atoms with van der Waals surface area (Å²) >= 11 is 17.3. The Morgan fingerprint density at radius 2 is 2.00 bits per heavy atom. The summed E-state index contributed by atoms with van der Waals surface area (Å²) in [5, 5.41) is 1.26. The minimum atomic E-state index is 0.302. The summed E-state index contributed by atoms with van der Waals surface area (Å²) in [4.78, 5) is 10.1. The molecule has 0 fully saturated rings. The molecule has 0 saturated heterocycles. The van der Waals surface area contributed by atoms with E-state index in [9.17, 15) is 4.79 Å². The van der Waals surface area contributed by atoms with Gasteiger partial charge in [-0.25, -0.2) is 0 Å². The van der Waals surface area contributed by atoms with Crippen LogP contribution >= 0.6 is 34.8 Å². The molecular formula is C9H5Cl3O. The van der Waals surface area contributed by atoms with Crippen LogP contribution < -0.4 is 0 Å². The first-order valence-electron chi connectivity index (χ1n) is 3.41. The van der Waals surface area contributed by atoms with Gasteiger partial charge in [0, 0.05) is 10.6 Å². The van der Waals surface area contributed by atoms with E-state index in [2.05, 4.69) is 0 Å². The van der Waals surface area contributed by atoms with E-state index in [4.69, 9.17) is 34.8 Å². The van der Waals surface area contributed by atoms with Gasteiger partial charge in [0.25, 0.3) is 0 Å². The Hall–Kier alpha value is -0.500. The first kappa shape index (κ1) is 10.6. The Morgan fingerprint density at radius 3 is 2.54 bits per heavy atom. The molecule has 68 valence electrons. The minimum Gasteiger partial charge on any atom is -0.299 e. The molecule has 1 rings (SSSR count). The molecule has 0 aliphatic rings. The molecule has 0 N–H and O–H groups in total. The van der Waals surface area contributed by atoms with Gasteiger partial charge in [0.1, 0.15) is 6.29 Å². The fourth-order valence-corrected chi connectivity index (χ4v) is 1.61. The van der Waals surface area contributed by atoms with Crippen LogP contribution in [0.4, 0.5) is 0 Å². The lowest BCUT2D eigenvalue weighted by molar-refractivity contribution is -0.104. The Kier molecular flexibility index (Phi) is 3.79. The summed E-state index contributed by atoms with van der Waals surface area (Å²) in [6, 6.07) is 4.89. The van der Waals surface area contributed by atoms with E-state index >= 15 is 0 Å². The zero-order valence-corrected chi connectivity index (χ0v) is 8.70. The third-order valence-corrected chi connectivity index (χ3v) is 2.28. The van der Waals surface area contributed by atoms with Gasteiger partial charge in [0.2, 0.25) is 0 Å². The van der Waals surface area contributed by atoms with Crippen LogP contribution in [-0.2, 0) is 4.79 Å². The Labute approximate surface area is 90.9 Å². The third kappa shape index (κ3) is 2.73. The quantitative estimate of drug-likeness (QED) is 0.563. The van der Waals surface area contributed by atoms with E-state index < -0.39 is 0 Å². The largest absolute Gasteiger partial charge is 0.299 e. The number of hydrogen-bond acceptors (Lipinski definition) is 1. The molecule has 0 aliphatic carbocycles. The predicted molar refractivity (Wildman–Crippen MR) is 56.4 cm³/mol. The zero-order chi connectivity index (χ0) is 9.84. The van der Waals surface area contributed by atoms with Crippen molar-refractivity contribution in [2.45, 2.75) is 0 Å². The van der Waals surface area contributed by atoms with Crippen LogP contribution in [0.5, 0.6) is 0 Å². The van der Waals surface area contributed by atoms with E-state index in [1.165, 1.54) is 6.08 Å². The number of hydrogen-bond donors (Lipinski definition) is 0. The SMILES string of the molecule is O=CC=C(Cl)c1ccc(Cl)cc1Cl. The lowest BCUT2D eigenvalue weighted by Gasteiger charge is -2.01. The molecular weight excluding hydrogens is 230 g/mol. The monoisotopic (exact) mass is 234 g/mol. The lowest BCUT2D eigenvalue weighted by atomic mass is 10.2. The van der Waals surface area contributed by atoms with Gasteiger partial charge >= 0.3 is 0 Å². The summed E-state index contributed by atoms with van der Waals surface area (Å²) in [6.07, 6.45) is 1.84. The maximum atomic E-state index is 10.1. The van der Waals surface area contributed by atoms with Crippen LogP contribution in [0, 0.1) is 0 Å². The average Bonchev–Trinajstić information content (AvgIpc) is 2.04. The number of carbonyl (C=O) groups excluding carboxylic acids is 1. The second-order valence-electron chi connectivity index (χ2n) is 2.27. The fraction of sp³-hybridized carbons (Fsp3) is 0. The topological polar surface area (TPSA) is 17.1 Å². The van der Waals surface area contributed by atoms with Gasteiger partial charge < -0.3 is 0 Å². The van der Waals surface area contributed by atoms with Crippen molar-refractivity contribution in [3.05, 3.63) is 39.9 Å². The molecule has 1 aromatic rings. The summed E-state index contributed by atoms with van der Waals surface area (Å²) in [7, 11) is 0. The van der Waals surface area contributed by atoms with Crippen molar-refractivity contribution in [1.82, 2.24) is 0 Å². The van der Waals surface area contributed by atoms with Gasteiger partial charge in [-0.05, 0) is 18.2 Å². The van der Waals surface area contributed by atoms with E-state index in [0.29, 0.717) is 26.9 Å². The molecule has 0 radical (unpaired) electrons. The molecule has 0 aromatic heterocycles. The van der Waals surface area contributed by atoms with Crippen molar-refractivity contribution in [2.75, 3.05) is 0 Å². The van der Waals surface area contributed by atoms with E-state index in [0.717, 1.165) is 0 Å². The number of halogens is 3. The van der Waals surface area contributed by atoms with Gasteiger partial charge in [-0.1, -0.05) is 40.9 Å². The van der Waals surface area contributed by atoms with E-state index in [1.54, 1.807) is 18.2 Å². The first-order chi connectivity index (χ1) is 6.15. The molecule has 1 nitrogen and oxygen atoms in total. The molecule has 0 heterocycles. The summed E-state index contributed by atoms with van der Waals surface area (Å²) in [5.74, 6) is 0. The minimum absolute atomic E-state index is 0.302. The Bertz CT molecular complexity index is 358. The third-order valence-electron chi connectivity index (χ3n) is 1.40. The number of benzene rings is 1. The molecule has 0 unspecified atom stereocenters. The standard InChI is InChI=1S/C9H5Cl3O/c10-6-1-2-7(9(12)5-6)8(11)3-4-13/h1-5H. The highest BCUT2D eigenvalue weighted by molar-refractivity contribution is 6.51. The number of carbonyl (C=O) groups is 1. The summed E-state index contributed by atoms with van der Waals surface area (Å²) in [5.41, 5.74) is 0.597. The zero-order valence-electron chi connectivity index (χ0n) is 6.43. The summed E-state index contributed by atoms with van der Waals surface area (Å²) < 4.78 is 0. The van der Waals surface area contributed by atoms with Gasteiger partial charge in [-0.3, -0.25) is 4.79 Å². The molecule has 0 saturated carbocycles. The van der Waals surface area contributed by atoms with Crippen molar-refractivity contribution in [2.24, 2.45) is 0 Å². The van der Waals surface area contributed by atoms with Crippen molar-refractivity contribution in [3.8, 4) is 0 Å². The van der Waals surface area contributed by atoms with E-state index in [1.807, 2.05) is 0 Å². The number of aldehydes is 1. The average molecular weight is 235 g/mol. The van der Waals surface area contributed by atoms with Crippen LogP contribution in [-0.4, -0.2) is 6.29 Å². The lowest BCUT2D eigenvalue weighted by Crippen LogP contribution is -1.80. The maximum Gasteiger partial charge on any atom is 0.144 e. The van der Waals surface area contributed by atoms with Gasteiger partial charge in [0.05, 0.1) is 10.1 Å². The maximum absolute atomic E-state index is 10.1. The first-order valence-corrected chi connectivity index (χ1v) is 4.55. The highest BCUT2D eigenvalue weighted by Crippen LogP contribution is 2.28. The molecule has 0 atom stereocenters. The van der Waals surface area contributed by atoms with Crippen LogP contribution in [0.3, 0.4) is 0 Å². The van der Waals surface area contributed by atoms with Crippen molar-refractivity contribution >= 4 is 46.1 Å². The van der Waals surface area contributed by atoms with Crippen LogP contribution in [0.15, 0.2) is 24.3 Å². The predicted octanol–water partition coefficient (Wildman–Crippen LogP) is 3.77. The smallest absolute Gasteiger partial charge is 0.144 e. The second kappa shape index (κ2) is 4.66. The summed E-state index contributed by atoms with van der Waals surface area (Å²) in [6.45, 7) is 0. The molecule has 1 aromatic carbocycles. The molecule has 0 amide bonds. The normalized spacial score (nSPS) is 11.5. The van der Waals surface area contributed by atoms with Crippen LogP contribution in [0.25, 0.3) is 5.03 Å². The van der Waals surface area contributed by atoms with Crippen LogP contribution in [0.1, 0.15) is 5.56 Å². The highest BCUT2D eigenvalue weighted by atomic mass is 35.5. The fourth-order valence-electron chi connectivity index (χ4n) is 0.833. The van der Waals surface area contributed by atoms with Gasteiger partial charge in [0.15, 0.2) is 0 Å². The van der Waals surface area contributed by atoms with Crippen molar-refractivity contribution in [3.63, 3.8) is 0 Å². The van der Waals surface area contributed by atoms with Gasteiger partial charge in [-0.2, -0.15) is 0 Å². The van der Waals surface area contributed by atoms with Crippen molar-refractivity contribution in [1.29, 1.82) is 0 Å². The number of allylic oxidation sites excluding steroid dienone is 1. The van der Waals surface area contributed by atoms with Crippen LogP contribution in [0.2, 0.25) is 10.0 Å². The highest BCUT2D eigenvalue weighted by Gasteiger charge is 2.03. The Morgan fingerprint density at radius 1 is 1.31 bits per heavy atom. The Balaban J connectivity index is 3.15. The molecule has 0 bridgehead atoms. The number of rotatable bonds is 2.